The van der Waals surface area contributed by atoms with Crippen LogP contribution in [-0.2, 0) is 9.59 Å². The quantitative estimate of drug-likeness (QED) is 0.771. The second-order valence-electron chi connectivity index (χ2n) is 4.66. The summed E-state index contributed by atoms with van der Waals surface area (Å²) in [6.45, 7) is 2.68. The van der Waals surface area contributed by atoms with Crippen LogP contribution in [0.1, 0.15) is 26.2 Å². The van der Waals surface area contributed by atoms with Crippen molar-refractivity contribution in [2.24, 2.45) is 0 Å². The largest absolute Gasteiger partial charge is 0.332 e. The molecule has 0 bridgehead atoms. The van der Waals surface area contributed by atoms with E-state index in [-0.39, 0.29) is 6.04 Å². The van der Waals surface area contributed by atoms with Crippen molar-refractivity contribution in [1.82, 2.24) is 4.90 Å². The fraction of sp³-hybridized carbons (Fsp3) is 0.429. The Labute approximate surface area is 107 Å². The van der Waals surface area contributed by atoms with E-state index in [1.54, 1.807) is 17.0 Å². The minimum absolute atomic E-state index is 0.160. The summed E-state index contributed by atoms with van der Waals surface area (Å²) in [5.41, 5.74) is 0.653. The number of rotatable bonds is 1. The molecule has 4 heteroatoms. The molecule has 18 heavy (non-hydrogen) atoms. The number of nitrogens with one attached hydrogen (secondary N) is 1. The molecule has 1 aromatic carbocycles. The van der Waals surface area contributed by atoms with E-state index in [2.05, 4.69) is 5.32 Å². The highest BCUT2D eigenvalue weighted by Crippen LogP contribution is 2.17. The molecule has 1 aromatic rings. The van der Waals surface area contributed by atoms with E-state index in [1.165, 1.54) is 0 Å². The van der Waals surface area contributed by atoms with Crippen LogP contribution in [0.4, 0.5) is 5.69 Å². The molecular formula is C14H18N2O2. The molecule has 0 aliphatic carbocycles. The number of benzene rings is 1. The molecular weight excluding hydrogens is 228 g/mol. The molecule has 0 saturated carbocycles. The van der Waals surface area contributed by atoms with Crippen LogP contribution in [0.15, 0.2) is 30.3 Å². The van der Waals surface area contributed by atoms with Crippen molar-refractivity contribution in [3.63, 3.8) is 0 Å². The van der Waals surface area contributed by atoms with E-state index >= 15 is 0 Å². The van der Waals surface area contributed by atoms with E-state index in [9.17, 15) is 9.59 Å². The number of piperidine rings is 1. The van der Waals surface area contributed by atoms with Crippen LogP contribution >= 0.6 is 0 Å². The van der Waals surface area contributed by atoms with Gasteiger partial charge >= 0.3 is 11.8 Å². The standard InChI is InChI=1S/C14H18N2O2/c1-11-7-5-6-10-16(11)14(18)13(17)15-12-8-3-2-4-9-12/h2-4,8-9,11H,5-7,10H2,1H3,(H,15,17). The molecule has 1 atom stereocenters. The van der Waals surface area contributed by atoms with E-state index in [1.807, 2.05) is 25.1 Å². The number of anilines is 1. The average molecular weight is 246 g/mol. The van der Waals surface area contributed by atoms with Gasteiger partial charge in [-0.1, -0.05) is 18.2 Å². The molecule has 2 rings (SSSR count). The van der Waals surface area contributed by atoms with Gasteiger partial charge in [0.15, 0.2) is 0 Å². The second kappa shape index (κ2) is 5.67. The van der Waals surface area contributed by atoms with Crippen molar-refractivity contribution >= 4 is 17.5 Å². The molecule has 4 nitrogen and oxygen atoms in total. The van der Waals surface area contributed by atoms with Crippen molar-refractivity contribution in [3.05, 3.63) is 30.3 Å². The van der Waals surface area contributed by atoms with Gasteiger partial charge in [0.1, 0.15) is 0 Å². The van der Waals surface area contributed by atoms with Crippen LogP contribution in [0, 0.1) is 0 Å². The third kappa shape index (κ3) is 2.88. The Morgan fingerprint density at radius 1 is 1.22 bits per heavy atom. The lowest BCUT2D eigenvalue weighted by atomic mass is 10.0. The Hall–Kier alpha value is -1.84. The highest BCUT2D eigenvalue weighted by Gasteiger charge is 2.27. The summed E-state index contributed by atoms with van der Waals surface area (Å²) >= 11 is 0. The summed E-state index contributed by atoms with van der Waals surface area (Å²) < 4.78 is 0. The molecule has 0 aromatic heterocycles. The van der Waals surface area contributed by atoms with Crippen molar-refractivity contribution in [2.75, 3.05) is 11.9 Å². The van der Waals surface area contributed by atoms with Gasteiger partial charge in [-0.2, -0.15) is 0 Å². The summed E-state index contributed by atoms with van der Waals surface area (Å²) in [6, 6.07) is 9.21. The Morgan fingerprint density at radius 2 is 1.94 bits per heavy atom. The minimum atomic E-state index is -0.546. The van der Waals surface area contributed by atoms with E-state index < -0.39 is 11.8 Å². The van der Waals surface area contributed by atoms with Crippen LogP contribution in [0.3, 0.4) is 0 Å². The molecule has 96 valence electrons. The zero-order chi connectivity index (χ0) is 13.0. The Bertz CT molecular complexity index is 431. The smallest absolute Gasteiger partial charge is 0.313 e. The van der Waals surface area contributed by atoms with Crippen LogP contribution in [0.25, 0.3) is 0 Å². The molecule has 0 radical (unpaired) electrons. The maximum Gasteiger partial charge on any atom is 0.313 e. The van der Waals surface area contributed by atoms with Crippen molar-refractivity contribution in [1.29, 1.82) is 0 Å². The highest BCUT2D eigenvalue weighted by atomic mass is 16.2. The molecule has 1 heterocycles. The van der Waals surface area contributed by atoms with Gasteiger partial charge in [-0.15, -0.1) is 0 Å². The molecule has 2 amide bonds. The number of carbonyl (C=O) groups excluding carboxylic acids is 2. The number of para-hydroxylation sites is 1. The highest BCUT2D eigenvalue weighted by molar-refractivity contribution is 6.39. The van der Waals surface area contributed by atoms with Gasteiger partial charge in [0.25, 0.3) is 0 Å². The van der Waals surface area contributed by atoms with Gasteiger partial charge in [0.05, 0.1) is 0 Å². The SMILES string of the molecule is CC1CCCCN1C(=O)C(=O)Nc1ccccc1. The predicted molar refractivity (Wildman–Crippen MR) is 70.1 cm³/mol. The van der Waals surface area contributed by atoms with E-state index in [0.29, 0.717) is 12.2 Å². The zero-order valence-electron chi connectivity index (χ0n) is 10.6. The second-order valence-corrected chi connectivity index (χ2v) is 4.66. The summed E-state index contributed by atoms with van der Waals surface area (Å²) in [5, 5.41) is 2.63. The van der Waals surface area contributed by atoms with Crippen molar-refractivity contribution in [2.45, 2.75) is 32.2 Å². The lowest BCUT2D eigenvalue weighted by Crippen LogP contribution is -2.47. The maximum atomic E-state index is 12.0. The summed E-state index contributed by atoms with van der Waals surface area (Å²) in [5.74, 6) is -0.971. The van der Waals surface area contributed by atoms with Crippen LogP contribution in [0.5, 0.6) is 0 Å². The third-order valence-corrected chi connectivity index (χ3v) is 3.29. The third-order valence-electron chi connectivity index (χ3n) is 3.29. The summed E-state index contributed by atoms with van der Waals surface area (Å²) in [7, 11) is 0. The summed E-state index contributed by atoms with van der Waals surface area (Å²) in [6.07, 6.45) is 3.09. The fourth-order valence-corrected chi connectivity index (χ4v) is 2.24. The van der Waals surface area contributed by atoms with Crippen molar-refractivity contribution in [3.8, 4) is 0 Å². The number of carbonyl (C=O) groups is 2. The molecule has 1 aliphatic rings. The number of nitrogens with zero attached hydrogens (tertiary/aromatic N) is 1. The van der Waals surface area contributed by atoms with Gasteiger partial charge in [0.2, 0.25) is 0 Å². The van der Waals surface area contributed by atoms with Gasteiger partial charge in [-0.3, -0.25) is 9.59 Å². The molecule has 1 fully saturated rings. The molecule has 1 N–H and O–H groups in total. The van der Waals surface area contributed by atoms with Crippen LogP contribution in [0.2, 0.25) is 0 Å². The first kappa shape index (κ1) is 12.6. The molecule has 1 aliphatic heterocycles. The number of amides is 2. The van der Waals surface area contributed by atoms with Crippen LogP contribution in [-0.4, -0.2) is 29.3 Å². The Balaban J connectivity index is 1.98. The lowest BCUT2D eigenvalue weighted by Gasteiger charge is -2.32. The lowest BCUT2D eigenvalue weighted by molar-refractivity contribution is -0.145. The van der Waals surface area contributed by atoms with Gasteiger partial charge in [-0.25, -0.2) is 0 Å². The van der Waals surface area contributed by atoms with E-state index in [4.69, 9.17) is 0 Å². The van der Waals surface area contributed by atoms with Gasteiger partial charge in [0, 0.05) is 18.3 Å². The van der Waals surface area contributed by atoms with Crippen molar-refractivity contribution < 1.29 is 9.59 Å². The zero-order valence-corrected chi connectivity index (χ0v) is 10.6. The fourth-order valence-electron chi connectivity index (χ4n) is 2.24. The average Bonchev–Trinajstić information content (AvgIpc) is 2.39. The normalized spacial score (nSPS) is 19.4. The number of hydrogen-bond acceptors (Lipinski definition) is 2. The monoisotopic (exact) mass is 246 g/mol. The number of likely N-dealkylation sites (tertiary alicyclic amines) is 1. The first-order chi connectivity index (χ1) is 8.68. The Kier molecular flexibility index (Phi) is 3.97. The Morgan fingerprint density at radius 3 is 2.61 bits per heavy atom. The minimum Gasteiger partial charge on any atom is -0.332 e. The van der Waals surface area contributed by atoms with Crippen LogP contribution < -0.4 is 5.32 Å². The first-order valence-corrected chi connectivity index (χ1v) is 6.35. The van der Waals surface area contributed by atoms with E-state index in [0.717, 1.165) is 19.3 Å². The first-order valence-electron chi connectivity index (χ1n) is 6.35. The molecule has 1 unspecified atom stereocenters. The topological polar surface area (TPSA) is 49.4 Å². The summed E-state index contributed by atoms with van der Waals surface area (Å²) in [4.78, 5) is 25.6. The van der Waals surface area contributed by atoms with Gasteiger partial charge in [-0.05, 0) is 38.3 Å². The molecule has 0 spiro atoms. The predicted octanol–water partition coefficient (Wildman–Crippen LogP) is 2.03. The number of hydrogen-bond donors (Lipinski definition) is 1. The maximum absolute atomic E-state index is 12.0. The molecule has 1 saturated heterocycles. The van der Waals surface area contributed by atoms with Gasteiger partial charge < -0.3 is 10.2 Å².